The van der Waals surface area contributed by atoms with E-state index in [0.29, 0.717) is 11.1 Å². The number of amides is 1. The van der Waals surface area contributed by atoms with Crippen molar-refractivity contribution in [3.8, 4) is 0 Å². The molecule has 2 N–H and O–H groups in total. The Bertz CT molecular complexity index is 1080. The molecule has 0 saturated carbocycles. The number of aryl methyl sites for hydroxylation is 1. The van der Waals surface area contributed by atoms with Crippen molar-refractivity contribution in [1.82, 2.24) is 0 Å². The minimum atomic E-state index is -1.31. The van der Waals surface area contributed by atoms with Gasteiger partial charge in [0.1, 0.15) is 5.60 Å². The van der Waals surface area contributed by atoms with E-state index < -0.39 is 5.60 Å². The second-order valence-corrected chi connectivity index (χ2v) is 7.34. The summed E-state index contributed by atoms with van der Waals surface area (Å²) in [6.45, 7) is 2.00. The molecule has 1 amide bonds. The summed E-state index contributed by atoms with van der Waals surface area (Å²) in [5, 5.41) is 14.7. The zero-order valence-corrected chi connectivity index (χ0v) is 16.7. The molecule has 4 aromatic carbocycles. The predicted molar refractivity (Wildman–Crippen MR) is 121 cm³/mol. The van der Waals surface area contributed by atoms with Gasteiger partial charge in [0.25, 0.3) is 5.91 Å². The number of benzene rings is 4. The van der Waals surface area contributed by atoms with Crippen molar-refractivity contribution >= 4 is 11.6 Å². The zero-order chi connectivity index (χ0) is 21.0. The van der Waals surface area contributed by atoms with Crippen LogP contribution in [0.4, 0.5) is 5.69 Å². The van der Waals surface area contributed by atoms with Gasteiger partial charge in [-0.3, -0.25) is 4.79 Å². The summed E-state index contributed by atoms with van der Waals surface area (Å²) in [5.41, 5.74) is 3.35. The van der Waals surface area contributed by atoms with Crippen LogP contribution < -0.4 is 5.32 Å². The first-order valence-corrected chi connectivity index (χ1v) is 9.89. The molecule has 0 bridgehead atoms. The number of aliphatic hydroxyl groups is 1. The van der Waals surface area contributed by atoms with Gasteiger partial charge in [-0.1, -0.05) is 90.5 Å². The number of carbonyl (C=O) groups is 1. The van der Waals surface area contributed by atoms with Gasteiger partial charge in [0.15, 0.2) is 0 Å². The van der Waals surface area contributed by atoms with Crippen LogP contribution >= 0.6 is 0 Å². The third-order valence-electron chi connectivity index (χ3n) is 5.26. The number of hydrogen-bond donors (Lipinski definition) is 2. The van der Waals surface area contributed by atoms with Crippen LogP contribution in [0.1, 0.15) is 32.6 Å². The van der Waals surface area contributed by atoms with Crippen LogP contribution in [0.25, 0.3) is 0 Å². The maximum absolute atomic E-state index is 12.6. The van der Waals surface area contributed by atoms with E-state index in [9.17, 15) is 9.90 Å². The maximum atomic E-state index is 12.6. The van der Waals surface area contributed by atoms with Gasteiger partial charge in [0.2, 0.25) is 0 Å². The average molecular weight is 393 g/mol. The summed E-state index contributed by atoms with van der Waals surface area (Å²) in [4.78, 5) is 12.6. The van der Waals surface area contributed by atoms with Crippen molar-refractivity contribution in [3.63, 3.8) is 0 Å². The van der Waals surface area contributed by atoms with Crippen LogP contribution in [0.5, 0.6) is 0 Å². The van der Waals surface area contributed by atoms with Gasteiger partial charge in [0.05, 0.1) is 0 Å². The first-order chi connectivity index (χ1) is 14.6. The third kappa shape index (κ3) is 3.88. The van der Waals surface area contributed by atoms with E-state index in [4.69, 9.17) is 0 Å². The van der Waals surface area contributed by atoms with Gasteiger partial charge in [-0.2, -0.15) is 0 Å². The fourth-order valence-corrected chi connectivity index (χ4v) is 3.56. The molecule has 0 saturated heterocycles. The molecule has 0 fully saturated rings. The first-order valence-electron chi connectivity index (χ1n) is 9.89. The van der Waals surface area contributed by atoms with Crippen molar-refractivity contribution in [3.05, 3.63) is 137 Å². The molecule has 30 heavy (non-hydrogen) atoms. The van der Waals surface area contributed by atoms with Crippen LogP contribution in [-0.4, -0.2) is 11.0 Å². The van der Waals surface area contributed by atoms with Gasteiger partial charge in [-0.25, -0.2) is 0 Å². The lowest BCUT2D eigenvalue weighted by atomic mass is 9.80. The molecule has 0 radical (unpaired) electrons. The minimum absolute atomic E-state index is 0.187. The average Bonchev–Trinajstić information content (AvgIpc) is 2.81. The second kappa shape index (κ2) is 8.36. The summed E-state index contributed by atoms with van der Waals surface area (Å²) in [6, 6.07) is 33.9. The fourth-order valence-electron chi connectivity index (χ4n) is 3.56. The standard InChI is InChI=1S/C27H23NO2/c1-20-12-18-25(19-13-20)28-26(29)21-14-16-24(17-15-21)27(30,22-8-4-2-5-9-22)23-10-6-3-7-11-23/h2-19,30H,1H3,(H,28,29). The lowest BCUT2D eigenvalue weighted by Crippen LogP contribution is -2.28. The van der Waals surface area contributed by atoms with Gasteiger partial charge < -0.3 is 10.4 Å². The van der Waals surface area contributed by atoms with Gasteiger partial charge >= 0.3 is 0 Å². The Balaban J connectivity index is 1.66. The van der Waals surface area contributed by atoms with E-state index in [-0.39, 0.29) is 5.91 Å². The Morgan fingerprint density at radius 3 is 1.63 bits per heavy atom. The maximum Gasteiger partial charge on any atom is 0.255 e. The van der Waals surface area contributed by atoms with Crippen LogP contribution in [0.15, 0.2) is 109 Å². The summed E-state index contributed by atoms with van der Waals surface area (Å²) in [7, 11) is 0. The summed E-state index contributed by atoms with van der Waals surface area (Å²) in [5.74, 6) is -0.187. The molecule has 0 aromatic heterocycles. The predicted octanol–water partition coefficient (Wildman–Crippen LogP) is 5.53. The van der Waals surface area contributed by atoms with Crippen molar-refractivity contribution < 1.29 is 9.90 Å². The Hall–Kier alpha value is -3.69. The van der Waals surface area contributed by atoms with Crippen molar-refractivity contribution in [2.45, 2.75) is 12.5 Å². The van der Waals surface area contributed by atoms with Crippen LogP contribution in [0, 0.1) is 6.92 Å². The number of carbonyl (C=O) groups excluding carboxylic acids is 1. The smallest absolute Gasteiger partial charge is 0.255 e. The van der Waals surface area contributed by atoms with Gasteiger partial charge in [0, 0.05) is 11.3 Å². The highest BCUT2D eigenvalue weighted by Gasteiger charge is 2.33. The molecule has 4 rings (SSSR count). The normalized spacial score (nSPS) is 11.1. The van der Waals surface area contributed by atoms with E-state index in [2.05, 4.69) is 5.32 Å². The Morgan fingerprint density at radius 1 is 0.667 bits per heavy atom. The monoisotopic (exact) mass is 393 g/mol. The second-order valence-electron chi connectivity index (χ2n) is 7.34. The Kier molecular flexibility index (Phi) is 5.46. The first kappa shape index (κ1) is 19.6. The third-order valence-corrected chi connectivity index (χ3v) is 5.26. The van der Waals surface area contributed by atoms with Crippen LogP contribution in [0.2, 0.25) is 0 Å². The van der Waals surface area contributed by atoms with E-state index in [1.807, 2.05) is 104 Å². The minimum Gasteiger partial charge on any atom is -0.376 e. The molecule has 0 unspecified atom stereocenters. The molecule has 3 heteroatoms. The fraction of sp³-hybridized carbons (Fsp3) is 0.0741. The van der Waals surface area contributed by atoms with Crippen molar-refractivity contribution in [1.29, 1.82) is 0 Å². The molecule has 0 aliphatic rings. The number of hydrogen-bond acceptors (Lipinski definition) is 2. The lowest BCUT2D eigenvalue weighted by Gasteiger charge is -2.30. The molecule has 148 valence electrons. The largest absolute Gasteiger partial charge is 0.376 e. The summed E-state index contributed by atoms with van der Waals surface area (Å²) >= 11 is 0. The quantitative estimate of drug-likeness (QED) is 0.438. The molecular formula is C27H23NO2. The SMILES string of the molecule is Cc1ccc(NC(=O)c2ccc(C(O)(c3ccccc3)c3ccccc3)cc2)cc1. The van der Waals surface area contributed by atoms with E-state index in [1.165, 1.54) is 0 Å². The van der Waals surface area contributed by atoms with Gasteiger partial charge in [-0.05, 0) is 47.9 Å². The lowest BCUT2D eigenvalue weighted by molar-refractivity contribution is 0.102. The van der Waals surface area contributed by atoms with Crippen molar-refractivity contribution in [2.24, 2.45) is 0 Å². The number of anilines is 1. The van der Waals surface area contributed by atoms with Gasteiger partial charge in [-0.15, -0.1) is 0 Å². The van der Waals surface area contributed by atoms with E-state index in [0.717, 1.165) is 22.4 Å². The topological polar surface area (TPSA) is 49.3 Å². The molecule has 0 aliphatic carbocycles. The Morgan fingerprint density at radius 2 is 1.13 bits per heavy atom. The van der Waals surface area contributed by atoms with Crippen LogP contribution in [-0.2, 0) is 5.60 Å². The zero-order valence-electron chi connectivity index (χ0n) is 16.7. The Labute approximate surface area is 176 Å². The highest BCUT2D eigenvalue weighted by atomic mass is 16.3. The number of rotatable bonds is 5. The van der Waals surface area contributed by atoms with Crippen molar-refractivity contribution in [2.75, 3.05) is 5.32 Å². The molecule has 4 aromatic rings. The molecule has 0 aliphatic heterocycles. The van der Waals surface area contributed by atoms with E-state index in [1.54, 1.807) is 12.1 Å². The molecule has 0 spiro atoms. The summed E-state index contributed by atoms with van der Waals surface area (Å²) < 4.78 is 0. The highest BCUT2D eigenvalue weighted by molar-refractivity contribution is 6.04. The summed E-state index contributed by atoms with van der Waals surface area (Å²) in [6.07, 6.45) is 0. The molecule has 0 atom stereocenters. The number of nitrogens with one attached hydrogen (secondary N) is 1. The van der Waals surface area contributed by atoms with Crippen LogP contribution in [0.3, 0.4) is 0 Å². The highest BCUT2D eigenvalue weighted by Crippen LogP contribution is 2.36. The molecular weight excluding hydrogens is 370 g/mol. The molecule has 3 nitrogen and oxygen atoms in total. The van der Waals surface area contributed by atoms with E-state index >= 15 is 0 Å². The molecule has 0 heterocycles.